The first-order valence-corrected chi connectivity index (χ1v) is 6.85. The van der Waals surface area contributed by atoms with Gasteiger partial charge in [-0.15, -0.1) is 11.8 Å². The number of thioether (sulfide) groups is 1. The minimum Gasteiger partial charge on any atom is -0.443 e. The highest BCUT2D eigenvalue weighted by Gasteiger charge is 2.31. The number of ether oxygens (including phenoxy) is 1. The summed E-state index contributed by atoms with van der Waals surface area (Å²) in [6.45, 7) is 0.565. The van der Waals surface area contributed by atoms with Crippen LogP contribution in [0.2, 0.25) is 0 Å². The number of carbonyl (C=O) groups is 1. The number of benzene rings is 1. The van der Waals surface area contributed by atoms with Gasteiger partial charge in [-0.1, -0.05) is 0 Å². The Bertz CT molecular complexity index is 472. The summed E-state index contributed by atoms with van der Waals surface area (Å²) in [5.74, 6) is 0.0111. The second-order valence-electron chi connectivity index (χ2n) is 4.04. The standard InChI is InChI=1S/C12H15FN2O3S/c13-10-5-8(1-2-11(10)19-4-3-16)15-7-9(6-14)18-12(15)17/h1-2,5,9,16H,3-4,6-7,14H2/t9-/m0/s1. The van der Waals surface area contributed by atoms with E-state index in [9.17, 15) is 9.18 Å². The molecule has 104 valence electrons. The van der Waals surface area contributed by atoms with Gasteiger partial charge in [0.25, 0.3) is 0 Å². The zero-order valence-corrected chi connectivity index (χ0v) is 11.0. The molecule has 1 saturated heterocycles. The van der Waals surface area contributed by atoms with Crippen molar-refractivity contribution >= 4 is 23.5 Å². The van der Waals surface area contributed by atoms with Crippen LogP contribution >= 0.6 is 11.8 Å². The lowest BCUT2D eigenvalue weighted by Crippen LogP contribution is -2.27. The molecule has 0 bridgehead atoms. The zero-order chi connectivity index (χ0) is 13.8. The van der Waals surface area contributed by atoms with Gasteiger partial charge in [0.1, 0.15) is 11.9 Å². The van der Waals surface area contributed by atoms with Crippen molar-refractivity contribution in [1.82, 2.24) is 0 Å². The number of nitrogens with two attached hydrogens (primary N) is 1. The fraction of sp³-hybridized carbons (Fsp3) is 0.417. The minimum absolute atomic E-state index is 0.0114. The summed E-state index contributed by atoms with van der Waals surface area (Å²) in [5.41, 5.74) is 5.89. The summed E-state index contributed by atoms with van der Waals surface area (Å²) in [6, 6.07) is 4.54. The van der Waals surface area contributed by atoms with Gasteiger partial charge >= 0.3 is 6.09 Å². The van der Waals surface area contributed by atoms with E-state index in [1.807, 2.05) is 0 Å². The largest absolute Gasteiger partial charge is 0.443 e. The van der Waals surface area contributed by atoms with Crippen LogP contribution in [0, 0.1) is 5.82 Å². The third-order valence-electron chi connectivity index (χ3n) is 2.71. The minimum atomic E-state index is -0.509. The van der Waals surface area contributed by atoms with Crippen molar-refractivity contribution < 1.29 is 19.0 Å². The number of halogens is 1. The van der Waals surface area contributed by atoms with Gasteiger partial charge in [-0.3, -0.25) is 4.90 Å². The number of carbonyl (C=O) groups excluding carboxylic acids is 1. The van der Waals surface area contributed by atoms with E-state index in [1.54, 1.807) is 12.1 Å². The van der Waals surface area contributed by atoms with Crippen LogP contribution in [0.15, 0.2) is 23.1 Å². The van der Waals surface area contributed by atoms with E-state index in [0.717, 1.165) is 0 Å². The van der Waals surface area contributed by atoms with Gasteiger partial charge in [0.2, 0.25) is 0 Å². The highest BCUT2D eigenvalue weighted by atomic mass is 32.2. The van der Waals surface area contributed by atoms with E-state index in [4.69, 9.17) is 15.6 Å². The van der Waals surface area contributed by atoms with Crippen LogP contribution in [0.4, 0.5) is 14.9 Å². The van der Waals surface area contributed by atoms with Crippen molar-refractivity contribution in [3.63, 3.8) is 0 Å². The maximum atomic E-state index is 13.8. The lowest BCUT2D eigenvalue weighted by Gasteiger charge is -2.14. The molecule has 1 atom stereocenters. The van der Waals surface area contributed by atoms with Crippen molar-refractivity contribution in [3.8, 4) is 0 Å². The molecular weight excluding hydrogens is 271 g/mol. The molecule has 1 aliphatic rings. The molecule has 0 spiro atoms. The smallest absolute Gasteiger partial charge is 0.414 e. The number of rotatable bonds is 5. The van der Waals surface area contributed by atoms with E-state index in [2.05, 4.69) is 0 Å². The fourth-order valence-electron chi connectivity index (χ4n) is 1.79. The molecule has 5 nitrogen and oxygen atoms in total. The molecule has 1 amide bonds. The summed E-state index contributed by atoms with van der Waals surface area (Å²) in [5, 5.41) is 8.71. The van der Waals surface area contributed by atoms with Gasteiger partial charge in [0.05, 0.1) is 18.8 Å². The van der Waals surface area contributed by atoms with Crippen molar-refractivity contribution in [2.45, 2.75) is 11.0 Å². The Morgan fingerprint density at radius 2 is 2.37 bits per heavy atom. The fourth-order valence-corrected chi connectivity index (χ4v) is 2.46. The molecule has 1 aromatic rings. The highest BCUT2D eigenvalue weighted by Crippen LogP contribution is 2.28. The van der Waals surface area contributed by atoms with Crippen LogP contribution < -0.4 is 10.6 Å². The van der Waals surface area contributed by atoms with E-state index >= 15 is 0 Å². The van der Waals surface area contributed by atoms with Crippen LogP contribution in [-0.2, 0) is 4.74 Å². The molecule has 0 unspecified atom stereocenters. The third-order valence-corrected chi connectivity index (χ3v) is 3.74. The Balaban J connectivity index is 2.13. The highest BCUT2D eigenvalue weighted by molar-refractivity contribution is 7.99. The molecule has 7 heteroatoms. The topological polar surface area (TPSA) is 75.8 Å². The van der Waals surface area contributed by atoms with Gasteiger partial charge in [0, 0.05) is 17.2 Å². The van der Waals surface area contributed by atoms with Crippen molar-refractivity contribution in [2.24, 2.45) is 5.73 Å². The van der Waals surface area contributed by atoms with Crippen LogP contribution in [0.3, 0.4) is 0 Å². The molecule has 1 aromatic carbocycles. The summed E-state index contributed by atoms with van der Waals surface area (Å²) in [7, 11) is 0. The number of cyclic esters (lactones) is 1. The maximum Gasteiger partial charge on any atom is 0.414 e. The van der Waals surface area contributed by atoms with E-state index in [0.29, 0.717) is 22.9 Å². The monoisotopic (exact) mass is 286 g/mol. The first-order valence-electron chi connectivity index (χ1n) is 5.87. The van der Waals surface area contributed by atoms with Crippen molar-refractivity contribution in [3.05, 3.63) is 24.0 Å². The van der Waals surface area contributed by atoms with Gasteiger partial charge in [-0.2, -0.15) is 0 Å². The SMILES string of the molecule is NC[C@H]1CN(c2ccc(SCCO)c(F)c2)C(=O)O1. The normalized spacial score (nSPS) is 18.8. The van der Waals surface area contributed by atoms with Crippen LogP contribution in [0.1, 0.15) is 0 Å². The molecule has 0 saturated carbocycles. The Morgan fingerprint density at radius 1 is 1.58 bits per heavy atom. The molecule has 3 N–H and O–H groups in total. The summed E-state index contributed by atoms with van der Waals surface area (Å²) < 4.78 is 18.8. The number of amides is 1. The average molecular weight is 286 g/mol. The molecular formula is C12H15FN2O3S. The average Bonchev–Trinajstić information content (AvgIpc) is 2.78. The number of nitrogens with zero attached hydrogens (tertiary/aromatic N) is 1. The second-order valence-corrected chi connectivity index (χ2v) is 5.18. The zero-order valence-electron chi connectivity index (χ0n) is 10.2. The van der Waals surface area contributed by atoms with Gasteiger partial charge in [-0.05, 0) is 18.2 Å². The van der Waals surface area contributed by atoms with Gasteiger partial charge in [-0.25, -0.2) is 9.18 Å². The molecule has 0 aromatic heterocycles. The lowest BCUT2D eigenvalue weighted by molar-refractivity contribution is 0.145. The molecule has 19 heavy (non-hydrogen) atoms. The molecule has 1 fully saturated rings. The van der Waals surface area contributed by atoms with Crippen LogP contribution in [-0.4, -0.2) is 42.8 Å². The van der Waals surface area contributed by atoms with E-state index in [-0.39, 0.29) is 19.3 Å². The maximum absolute atomic E-state index is 13.8. The Labute approximate surface area is 114 Å². The summed E-state index contributed by atoms with van der Waals surface area (Å²) in [4.78, 5) is 13.4. The van der Waals surface area contributed by atoms with E-state index in [1.165, 1.54) is 22.7 Å². The molecule has 2 rings (SSSR count). The van der Waals surface area contributed by atoms with Crippen molar-refractivity contribution in [2.75, 3.05) is 30.3 Å². The van der Waals surface area contributed by atoms with E-state index < -0.39 is 11.9 Å². The predicted molar refractivity (Wildman–Crippen MR) is 70.9 cm³/mol. The second kappa shape index (κ2) is 6.23. The van der Waals surface area contributed by atoms with Gasteiger partial charge < -0.3 is 15.6 Å². The van der Waals surface area contributed by atoms with Crippen molar-refractivity contribution in [1.29, 1.82) is 0 Å². The molecule has 0 aliphatic carbocycles. The molecule has 1 heterocycles. The molecule has 0 radical (unpaired) electrons. The Kier molecular flexibility index (Phi) is 4.62. The number of hydrogen-bond donors (Lipinski definition) is 2. The number of hydrogen-bond acceptors (Lipinski definition) is 5. The number of anilines is 1. The first kappa shape index (κ1) is 14.1. The van der Waals surface area contributed by atoms with Crippen LogP contribution in [0.25, 0.3) is 0 Å². The quantitative estimate of drug-likeness (QED) is 0.795. The number of aliphatic hydroxyl groups excluding tert-OH is 1. The Hall–Kier alpha value is -1.31. The Morgan fingerprint density at radius 3 is 2.95 bits per heavy atom. The molecule has 1 aliphatic heterocycles. The summed E-state index contributed by atoms with van der Waals surface area (Å²) in [6.07, 6.45) is -0.857. The van der Waals surface area contributed by atoms with Crippen LogP contribution in [0.5, 0.6) is 0 Å². The lowest BCUT2D eigenvalue weighted by atomic mass is 10.2. The first-order chi connectivity index (χ1) is 9.15. The number of aliphatic hydroxyl groups is 1. The third kappa shape index (κ3) is 3.17. The predicted octanol–water partition coefficient (Wildman–Crippen LogP) is 1.19. The van der Waals surface area contributed by atoms with Gasteiger partial charge in [0.15, 0.2) is 0 Å². The summed E-state index contributed by atoms with van der Waals surface area (Å²) >= 11 is 1.22.